The Morgan fingerprint density at radius 1 is 1.23 bits per heavy atom. The van der Waals surface area contributed by atoms with Crippen molar-refractivity contribution in [2.24, 2.45) is 16.9 Å². The molecule has 2 aliphatic carbocycles. The number of hydrogen-bond donors (Lipinski definition) is 1. The van der Waals surface area contributed by atoms with Gasteiger partial charge in [-0.15, -0.1) is 0 Å². The Balaban J connectivity index is 1.44. The molecule has 3 aliphatic heterocycles. The van der Waals surface area contributed by atoms with Crippen molar-refractivity contribution < 1.29 is 12.8 Å². The lowest BCUT2D eigenvalue weighted by Gasteiger charge is -2.29. The van der Waals surface area contributed by atoms with Crippen LogP contribution in [-0.2, 0) is 10.0 Å². The van der Waals surface area contributed by atoms with Crippen molar-refractivity contribution in [3.63, 3.8) is 0 Å². The zero-order valence-electron chi connectivity index (χ0n) is 17.4. The van der Waals surface area contributed by atoms with Crippen LogP contribution >= 0.6 is 0 Å². The van der Waals surface area contributed by atoms with Gasteiger partial charge in [0.05, 0.1) is 17.7 Å². The lowest BCUT2D eigenvalue weighted by molar-refractivity contribution is 0.458. The minimum Gasteiger partial charge on any atom is -0.375 e. The second-order valence-corrected chi connectivity index (χ2v) is 11.1. The SMILES string of the molecule is CN1C=C2C(=C(C3=CC4CN(S(C)(=O)=O)CC4C3)C1)NN=C1C=Cc3cc(F)cc2c31. The normalized spacial score (nSPS) is 26.7. The molecule has 6 rings (SSSR count). The van der Waals surface area contributed by atoms with Crippen LogP contribution in [0.3, 0.4) is 0 Å². The molecular formula is C23H23FN4O2S. The molecule has 2 atom stereocenters. The van der Waals surface area contributed by atoms with Gasteiger partial charge in [0.15, 0.2) is 0 Å². The molecule has 1 aromatic rings. The Bertz CT molecular complexity index is 1290. The molecular weight excluding hydrogens is 415 g/mol. The Labute approximate surface area is 181 Å². The van der Waals surface area contributed by atoms with Gasteiger partial charge in [0, 0.05) is 44.0 Å². The molecule has 1 aromatic carbocycles. The molecule has 0 spiro atoms. The molecule has 0 aromatic heterocycles. The zero-order valence-corrected chi connectivity index (χ0v) is 18.2. The smallest absolute Gasteiger partial charge is 0.211 e. The van der Waals surface area contributed by atoms with E-state index in [4.69, 9.17) is 0 Å². The minimum absolute atomic E-state index is 0.237. The molecule has 2 unspecified atom stereocenters. The molecule has 0 bridgehead atoms. The standard InChI is InChI=1S/C23H23FN4O2S/c1-27-11-19(14-5-15-9-28(31(2,29)30)10-16(15)6-14)23-20(12-27)18-8-17(24)7-13-3-4-21(22(13)18)25-26-23/h3-5,7-8,12,15-16,26H,6,9-11H2,1-2H3. The second kappa shape index (κ2) is 6.40. The van der Waals surface area contributed by atoms with Crippen molar-refractivity contribution in [2.75, 3.05) is 32.9 Å². The first kappa shape index (κ1) is 19.0. The molecule has 0 radical (unpaired) electrons. The van der Waals surface area contributed by atoms with Gasteiger partial charge in [-0.3, -0.25) is 5.43 Å². The van der Waals surface area contributed by atoms with Gasteiger partial charge in [0.2, 0.25) is 10.0 Å². The summed E-state index contributed by atoms with van der Waals surface area (Å²) in [4.78, 5) is 2.12. The fraction of sp³-hybridized carbons (Fsp3) is 0.348. The largest absolute Gasteiger partial charge is 0.375 e. The summed E-state index contributed by atoms with van der Waals surface area (Å²) in [5.74, 6) is 0.285. The molecule has 31 heavy (non-hydrogen) atoms. The van der Waals surface area contributed by atoms with Crippen molar-refractivity contribution in [2.45, 2.75) is 6.42 Å². The predicted molar refractivity (Wildman–Crippen MR) is 119 cm³/mol. The van der Waals surface area contributed by atoms with Crippen LogP contribution < -0.4 is 5.43 Å². The van der Waals surface area contributed by atoms with Crippen LogP contribution in [0.2, 0.25) is 0 Å². The van der Waals surface area contributed by atoms with Crippen LogP contribution in [0.15, 0.2) is 52.4 Å². The van der Waals surface area contributed by atoms with Crippen LogP contribution in [0.25, 0.3) is 11.6 Å². The highest BCUT2D eigenvalue weighted by molar-refractivity contribution is 7.88. The van der Waals surface area contributed by atoms with E-state index in [1.807, 2.05) is 19.2 Å². The second-order valence-electron chi connectivity index (χ2n) is 9.07. The molecule has 1 saturated heterocycles. The predicted octanol–water partition coefficient (Wildman–Crippen LogP) is 2.54. The van der Waals surface area contributed by atoms with E-state index in [0.717, 1.165) is 52.2 Å². The van der Waals surface area contributed by atoms with Crippen LogP contribution in [0, 0.1) is 17.7 Å². The summed E-state index contributed by atoms with van der Waals surface area (Å²) in [5.41, 5.74) is 11.0. The van der Waals surface area contributed by atoms with E-state index in [2.05, 4.69) is 27.7 Å². The van der Waals surface area contributed by atoms with E-state index >= 15 is 0 Å². The van der Waals surface area contributed by atoms with Gasteiger partial charge in [-0.2, -0.15) is 5.10 Å². The molecule has 160 valence electrons. The number of nitrogens with one attached hydrogen (secondary N) is 1. The quantitative estimate of drug-likeness (QED) is 0.771. The third-order valence-electron chi connectivity index (χ3n) is 6.93. The van der Waals surface area contributed by atoms with Gasteiger partial charge in [0.25, 0.3) is 0 Å². The third kappa shape index (κ3) is 2.92. The third-order valence-corrected chi connectivity index (χ3v) is 8.17. The van der Waals surface area contributed by atoms with Gasteiger partial charge < -0.3 is 4.90 Å². The highest BCUT2D eigenvalue weighted by Gasteiger charge is 2.41. The number of nitrogens with zero attached hydrogens (tertiary/aromatic N) is 3. The number of sulfonamides is 1. The van der Waals surface area contributed by atoms with Gasteiger partial charge in [0.1, 0.15) is 5.82 Å². The molecule has 6 nitrogen and oxygen atoms in total. The highest BCUT2D eigenvalue weighted by atomic mass is 32.2. The van der Waals surface area contributed by atoms with Crippen LogP contribution in [0.4, 0.5) is 4.39 Å². The van der Waals surface area contributed by atoms with E-state index in [1.165, 1.54) is 11.8 Å². The first-order chi connectivity index (χ1) is 14.8. The van der Waals surface area contributed by atoms with Crippen LogP contribution in [0.1, 0.15) is 23.1 Å². The number of rotatable bonds is 2. The lowest BCUT2D eigenvalue weighted by atomic mass is 9.88. The van der Waals surface area contributed by atoms with Gasteiger partial charge in [-0.1, -0.05) is 12.2 Å². The highest BCUT2D eigenvalue weighted by Crippen LogP contribution is 2.44. The van der Waals surface area contributed by atoms with Crippen molar-refractivity contribution in [3.8, 4) is 0 Å². The van der Waals surface area contributed by atoms with Crippen molar-refractivity contribution in [3.05, 3.63) is 69.8 Å². The Hall–Kier alpha value is -2.71. The number of hydrazone groups is 1. The summed E-state index contributed by atoms with van der Waals surface area (Å²) in [7, 11) is -1.13. The van der Waals surface area contributed by atoms with Crippen molar-refractivity contribution >= 4 is 27.4 Å². The Morgan fingerprint density at radius 3 is 2.84 bits per heavy atom. The fourth-order valence-corrected chi connectivity index (χ4v) is 6.40. The molecule has 0 saturated carbocycles. The molecule has 1 fully saturated rings. The van der Waals surface area contributed by atoms with Gasteiger partial charge >= 0.3 is 0 Å². The minimum atomic E-state index is -3.16. The molecule has 8 heteroatoms. The maximum atomic E-state index is 14.4. The molecule has 0 amide bonds. The summed E-state index contributed by atoms with van der Waals surface area (Å²) < 4.78 is 39.9. The van der Waals surface area contributed by atoms with E-state index in [1.54, 1.807) is 16.4 Å². The Kier molecular flexibility index (Phi) is 3.92. The zero-order chi connectivity index (χ0) is 21.5. The van der Waals surface area contributed by atoms with E-state index in [0.29, 0.717) is 19.0 Å². The van der Waals surface area contributed by atoms with E-state index in [9.17, 15) is 12.8 Å². The number of fused-ring (bicyclic) bond motifs is 3. The first-order valence-corrected chi connectivity index (χ1v) is 12.3. The van der Waals surface area contributed by atoms with E-state index < -0.39 is 10.0 Å². The maximum absolute atomic E-state index is 14.4. The molecule has 5 aliphatic rings. The summed E-state index contributed by atoms with van der Waals surface area (Å²) in [5, 5.41) is 4.64. The summed E-state index contributed by atoms with van der Waals surface area (Å²) >= 11 is 0. The number of likely N-dealkylation sites (N-methyl/N-ethyl adjacent to an activating group) is 1. The van der Waals surface area contributed by atoms with E-state index in [-0.39, 0.29) is 11.7 Å². The number of hydrogen-bond acceptors (Lipinski definition) is 5. The lowest BCUT2D eigenvalue weighted by Crippen LogP contribution is -2.29. The molecule has 1 N–H and O–H groups in total. The molecule has 3 heterocycles. The fourth-order valence-electron chi connectivity index (χ4n) is 5.50. The average Bonchev–Trinajstić information content (AvgIpc) is 3.35. The summed E-state index contributed by atoms with van der Waals surface area (Å²) in [6.07, 6.45) is 10.2. The monoisotopic (exact) mass is 438 g/mol. The number of halogens is 1. The van der Waals surface area contributed by atoms with Crippen LogP contribution in [0.5, 0.6) is 0 Å². The van der Waals surface area contributed by atoms with Crippen molar-refractivity contribution in [1.29, 1.82) is 0 Å². The summed E-state index contributed by atoms with van der Waals surface area (Å²) in [6, 6.07) is 3.15. The van der Waals surface area contributed by atoms with Gasteiger partial charge in [-0.05, 0) is 58.7 Å². The average molecular weight is 439 g/mol. The van der Waals surface area contributed by atoms with Crippen LogP contribution in [-0.4, -0.2) is 56.3 Å². The first-order valence-electron chi connectivity index (χ1n) is 10.5. The number of allylic oxidation sites excluding steroid dienone is 2. The topological polar surface area (TPSA) is 65.0 Å². The maximum Gasteiger partial charge on any atom is 0.211 e. The summed E-state index contributed by atoms with van der Waals surface area (Å²) in [6.45, 7) is 1.85. The van der Waals surface area contributed by atoms with Crippen molar-refractivity contribution in [1.82, 2.24) is 14.6 Å². The van der Waals surface area contributed by atoms with Gasteiger partial charge in [-0.25, -0.2) is 17.1 Å². The number of benzene rings is 1. The Morgan fingerprint density at radius 2 is 2.06 bits per heavy atom.